The largest absolute Gasteiger partial charge is 0.369 e. The minimum Gasteiger partial charge on any atom is -0.369 e. The van der Waals surface area contributed by atoms with Crippen molar-refractivity contribution in [3.8, 4) is 0 Å². The lowest BCUT2D eigenvalue weighted by molar-refractivity contribution is -0.121. The highest BCUT2D eigenvalue weighted by Gasteiger charge is 2.38. The van der Waals surface area contributed by atoms with Gasteiger partial charge in [-0.05, 0) is 19.8 Å². The SMILES string of the molecule is CC(=O)NC1(c2noc(CCC(=O)Nc3nc(C)c(SCC(N)=O)s3)n2)CCCCCC1. The highest BCUT2D eigenvalue weighted by Crippen LogP contribution is 2.35. The van der Waals surface area contributed by atoms with E-state index in [1.165, 1.54) is 30.0 Å². The fourth-order valence-electron chi connectivity index (χ4n) is 3.73. The Morgan fingerprint density at radius 1 is 1.19 bits per heavy atom. The summed E-state index contributed by atoms with van der Waals surface area (Å²) in [4.78, 5) is 44.0. The van der Waals surface area contributed by atoms with Gasteiger partial charge in [0.2, 0.25) is 23.6 Å². The predicted molar refractivity (Wildman–Crippen MR) is 121 cm³/mol. The number of anilines is 1. The first kappa shape index (κ1) is 24.2. The van der Waals surface area contributed by atoms with E-state index in [-0.39, 0.29) is 30.4 Å². The Balaban J connectivity index is 1.58. The Hall–Kier alpha value is -2.47. The summed E-state index contributed by atoms with van der Waals surface area (Å²) < 4.78 is 6.23. The van der Waals surface area contributed by atoms with Gasteiger partial charge in [-0.1, -0.05) is 42.2 Å². The molecular formula is C20H28N6O4S2. The minimum absolute atomic E-state index is 0.121. The van der Waals surface area contributed by atoms with Gasteiger partial charge in [0.25, 0.3) is 0 Å². The van der Waals surface area contributed by atoms with Crippen molar-refractivity contribution in [2.75, 3.05) is 11.1 Å². The Bertz CT molecular complexity index is 965. The standard InChI is InChI=1S/C20H28N6O4S2/c1-12-17(31-11-14(21)28)32-19(22-12)23-15(29)7-8-16-24-18(26-30-16)20(25-13(2)27)9-5-3-4-6-10-20/h3-11H2,1-2H3,(H2,21,28)(H,25,27)(H,22,23,29). The summed E-state index contributed by atoms with van der Waals surface area (Å²) in [5, 5.41) is 10.4. The van der Waals surface area contributed by atoms with E-state index in [9.17, 15) is 14.4 Å². The zero-order chi connectivity index (χ0) is 23.1. The molecule has 3 rings (SSSR count). The molecule has 2 aromatic rings. The van der Waals surface area contributed by atoms with Crippen molar-refractivity contribution < 1.29 is 18.9 Å². The molecular weight excluding hydrogens is 452 g/mol. The van der Waals surface area contributed by atoms with Crippen LogP contribution in [0.1, 0.15) is 69.3 Å². The fraction of sp³-hybridized carbons (Fsp3) is 0.600. The summed E-state index contributed by atoms with van der Waals surface area (Å²) in [6.45, 7) is 3.31. The quantitative estimate of drug-likeness (QED) is 0.366. The molecule has 0 aromatic carbocycles. The third kappa shape index (κ3) is 6.52. The highest BCUT2D eigenvalue weighted by atomic mass is 32.2. The van der Waals surface area contributed by atoms with Crippen molar-refractivity contribution in [1.82, 2.24) is 20.4 Å². The van der Waals surface area contributed by atoms with Crippen LogP contribution in [0.25, 0.3) is 0 Å². The first-order valence-electron chi connectivity index (χ1n) is 10.6. The second-order valence-electron chi connectivity index (χ2n) is 7.88. The average Bonchev–Trinajstić information content (AvgIpc) is 3.26. The molecule has 4 N–H and O–H groups in total. The molecule has 0 aliphatic heterocycles. The molecule has 2 aromatic heterocycles. The monoisotopic (exact) mass is 480 g/mol. The number of thiazole rings is 1. The molecule has 0 bridgehead atoms. The topological polar surface area (TPSA) is 153 Å². The summed E-state index contributed by atoms with van der Waals surface area (Å²) in [7, 11) is 0. The van der Waals surface area contributed by atoms with E-state index in [2.05, 4.69) is 25.8 Å². The number of aromatic nitrogens is 3. The van der Waals surface area contributed by atoms with Crippen LogP contribution in [-0.2, 0) is 26.3 Å². The number of amides is 3. The van der Waals surface area contributed by atoms with Crippen LogP contribution < -0.4 is 16.4 Å². The zero-order valence-corrected chi connectivity index (χ0v) is 19.9. The van der Waals surface area contributed by atoms with Crippen LogP contribution in [0.5, 0.6) is 0 Å². The molecule has 1 aliphatic carbocycles. The first-order valence-corrected chi connectivity index (χ1v) is 12.4. The second-order valence-corrected chi connectivity index (χ2v) is 10.1. The van der Waals surface area contributed by atoms with E-state index in [4.69, 9.17) is 10.3 Å². The summed E-state index contributed by atoms with van der Waals surface area (Å²) >= 11 is 2.60. The minimum atomic E-state index is -0.607. The smallest absolute Gasteiger partial charge is 0.227 e. The Morgan fingerprint density at radius 3 is 2.56 bits per heavy atom. The molecule has 0 radical (unpaired) electrons. The van der Waals surface area contributed by atoms with Gasteiger partial charge in [0, 0.05) is 19.8 Å². The van der Waals surface area contributed by atoms with Crippen LogP contribution in [0.3, 0.4) is 0 Å². The van der Waals surface area contributed by atoms with E-state index in [0.29, 0.717) is 16.8 Å². The molecule has 10 nitrogen and oxygen atoms in total. The molecule has 1 saturated carbocycles. The van der Waals surface area contributed by atoms with Gasteiger partial charge in [-0.15, -0.1) is 11.8 Å². The number of nitrogens with one attached hydrogen (secondary N) is 2. The summed E-state index contributed by atoms with van der Waals surface area (Å²) in [6, 6.07) is 0. The zero-order valence-electron chi connectivity index (χ0n) is 18.2. The molecule has 1 aliphatic rings. The van der Waals surface area contributed by atoms with Crippen LogP contribution >= 0.6 is 23.1 Å². The number of aryl methyl sites for hydroxylation is 2. The van der Waals surface area contributed by atoms with Crippen LogP contribution in [0.2, 0.25) is 0 Å². The molecule has 0 atom stereocenters. The van der Waals surface area contributed by atoms with Crippen LogP contribution in [0, 0.1) is 6.92 Å². The van der Waals surface area contributed by atoms with Crippen molar-refractivity contribution >= 4 is 46.0 Å². The predicted octanol–water partition coefficient (Wildman–Crippen LogP) is 2.67. The number of carbonyl (C=O) groups is 3. The van der Waals surface area contributed by atoms with Gasteiger partial charge in [0.05, 0.1) is 15.7 Å². The second kappa shape index (κ2) is 10.9. The number of thioether (sulfide) groups is 1. The van der Waals surface area contributed by atoms with Crippen molar-refractivity contribution in [2.45, 2.75) is 75.0 Å². The maximum atomic E-state index is 12.4. The molecule has 0 saturated heterocycles. The van der Waals surface area contributed by atoms with Gasteiger partial charge >= 0.3 is 0 Å². The molecule has 3 amide bonds. The molecule has 174 valence electrons. The molecule has 32 heavy (non-hydrogen) atoms. The average molecular weight is 481 g/mol. The number of hydrogen-bond donors (Lipinski definition) is 3. The van der Waals surface area contributed by atoms with Gasteiger partial charge in [-0.2, -0.15) is 4.98 Å². The number of nitrogens with zero attached hydrogens (tertiary/aromatic N) is 3. The van der Waals surface area contributed by atoms with Crippen LogP contribution in [0.15, 0.2) is 8.73 Å². The van der Waals surface area contributed by atoms with E-state index < -0.39 is 11.4 Å². The Kier molecular flexibility index (Phi) is 8.24. The summed E-state index contributed by atoms with van der Waals surface area (Å²) in [5.41, 5.74) is 5.31. The lowest BCUT2D eigenvalue weighted by atomic mass is 9.89. The van der Waals surface area contributed by atoms with E-state index >= 15 is 0 Å². The third-order valence-electron chi connectivity index (χ3n) is 5.18. The number of primary amides is 1. The number of nitrogens with two attached hydrogens (primary N) is 1. The Labute approximate surface area is 194 Å². The maximum Gasteiger partial charge on any atom is 0.227 e. The lowest BCUT2D eigenvalue weighted by Gasteiger charge is -2.30. The summed E-state index contributed by atoms with van der Waals surface area (Å²) in [6.07, 6.45) is 6.17. The van der Waals surface area contributed by atoms with E-state index in [0.717, 1.165) is 48.4 Å². The van der Waals surface area contributed by atoms with Gasteiger partial charge < -0.3 is 20.9 Å². The summed E-state index contributed by atoms with van der Waals surface area (Å²) in [5.74, 6) is 0.251. The van der Waals surface area contributed by atoms with Crippen molar-refractivity contribution in [1.29, 1.82) is 0 Å². The van der Waals surface area contributed by atoms with Gasteiger partial charge in [0.15, 0.2) is 11.0 Å². The van der Waals surface area contributed by atoms with E-state index in [1.807, 2.05) is 6.92 Å². The van der Waals surface area contributed by atoms with E-state index in [1.54, 1.807) is 0 Å². The van der Waals surface area contributed by atoms with Crippen molar-refractivity contribution in [2.24, 2.45) is 5.73 Å². The first-order chi connectivity index (χ1) is 15.3. The lowest BCUT2D eigenvalue weighted by Crippen LogP contribution is -2.45. The molecule has 0 spiro atoms. The maximum absolute atomic E-state index is 12.4. The number of hydrogen-bond acceptors (Lipinski definition) is 9. The van der Waals surface area contributed by atoms with Crippen LogP contribution in [-0.4, -0.2) is 38.6 Å². The van der Waals surface area contributed by atoms with Gasteiger partial charge in [0.1, 0.15) is 5.54 Å². The van der Waals surface area contributed by atoms with Gasteiger partial charge in [-0.3, -0.25) is 14.4 Å². The molecule has 0 unspecified atom stereocenters. The normalized spacial score (nSPS) is 15.7. The van der Waals surface area contributed by atoms with Gasteiger partial charge in [-0.25, -0.2) is 4.98 Å². The van der Waals surface area contributed by atoms with Crippen molar-refractivity contribution in [3.63, 3.8) is 0 Å². The molecule has 2 heterocycles. The van der Waals surface area contributed by atoms with Crippen molar-refractivity contribution in [3.05, 3.63) is 17.4 Å². The molecule has 12 heteroatoms. The Morgan fingerprint density at radius 2 is 1.91 bits per heavy atom. The fourth-order valence-corrected chi connectivity index (χ4v) is 5.63. The van der Waals surface area contributed by atoms with Crippen LogP contribution in [0.4, 0.5) is 5.13 Å². The third-order valence-corrected chi connectivity index (χ3v) is 7.64. The number of rotatable bonds is 9. The number of carbonyl (C=O) groups excluding carboxylic acids is 3. The highest BCUT2D eigenvalue weighted by molar-refractivity contribution is 8.01. The molecule has 1 fully saturated rings.